The van der Waals surface area contributed by atoms with E-state index in [1.54, 1.807) is 0 Å². The number of nitrogens with two attached hydrogens (primary N) is 1. The molecule has 3 N–H and O–H groups in total. The van der Waals surface area contributed by atoms with Crippen molar-refractivity contribution in [3.8, 4) is 0 Å². The minimum atomic E-state index is -3.86. The number of hydrogen-bond acceptors (Lipinski definition) is 5. The fourth-order valence-electron chi connectivity index (χ4n) is 2.30. The lowest BCUT2D eigenvalue weighted by atomic mass is 9.98. The Kier molecular flexibility index (Phi) is 6.48. The molecule has 0 aliphatic carbocycles. The Morgan fingerprint density at radius 3 is 2.46 bits per heavy atom. The lowest BCUT2D eigenvalue weighted by Gasteiger charge is -2.11. The molecule has 0 aliphatic rings. The van der Waals surface area contributed by atoms with Crippen LogP contribution in [0.2, 0.25) is 0 Å². The third-order valence-electron chi connectivity index (χ3n) is 3.65. The maximum atomic E-state index is 11.9. The average Bonchev–Trinajstić information content (AvgIpc) is 2.60. The van der Waals surface area contributed by atoms with Crippen LogP contribution in [-0.4, -0.2) is 26.9 Å². The van der Waals surface area contributed by atoms with Gasteiger partial charge >= 0.3 is 5.97 Å². The second kappa shape index (κ2) is 8.59. The molecule has 0 heterocycles. The number of hydrogen-bond donors (Lipinski definition) is 2. The molecule has 0 bridgehead atoms. The van der Waals surface area contributed by atoms with Crippen LogP contribution in [-0.2, 0) is 24.3 Å². The van der Waals surface area contributed by atoms with Crippen molar-refractivity contribution >= 4 is 27.6 Å². The SMILES string of the molecule is CC(CC(=O)OCC(=O)Nc1cccc(S(N)(=O)=O)c1)c1ccccc1. The number of carbonyl (C=O) groups excluding carboxylic acids is 2. The summed E-state index contributed by atoms with van der Waals surface area (Å²) in [5.41, 5.74) is 1.25. The number of carbonyl (C=O) groups is 2. The third kappa shape index (κ3) is 5.98. The second-order valence-electron chi connectivity index (χ2n) is 5.80. The molecular formula is C18H20N2O5S. The summed E-state index contributed by atoms with van der Waals surface area (Å²) in [5.74, 6) is -1.09. The Balaban J connectivity index is 1.84. The number of esters is 1. The zero-order valence-corrected chi connectivity index (χ0v) is 15.0. The van der Waals surface area contributed by atoms with E-state index in [0.29, 0.717) is 0 Å². The van der Waals surface area contributed by atoms with Crippen LogP contribution in [0.1, 0.15) is 24.8 Å². The number of ether oxygens (including phenoxy) is 1. The Morgan fingerprint density at radius 2 is 1.81 bits per heavy atom. The van der Waals surface area contributed by atoms with Crippen LogP contribution in [0.4, 0.5) is 5.69 Å². The normalized spacial score (nSPS) is 12.2. The lowest BCUT2D eigenvalue weighted by molar-refractivity contribution is -0.147. The molecule has 0 spiro atoms. The van der Waals surface area contributed by atoms with Crippen molar-refractivity contribution < 1.29 is 22.7 Å². The van der Waals surface area contributed by atoms with Gasteiger partial charge in [-0.3, -0.25) is 9.59 Å². The fourth-order valence-corrected chi connectivity index (χ4v) is 2.86. The van der Waals surface area contributed by atoms with Crippen molar-refractivity contribution in [1.29, 1.82) is 0 Å². The number of primary sulfonamides is 1. The molecule has 0 aromatic heterocycles. The second-order valence-corrected chi connectivity index (χ2v) is 7.36. The first-order valence-corrected chi connectivity index (χ1v) is 9.43. The van der Waals surface area contributed by atoms with E-state index in [-0.39, 0.29) is 22.9 Å². The van der Waals surface area contributed by atoms with Gasteiger partial charge in [0.1, 0.15) is 0 Å². The number of nitrogens with one attached hydrogen (secondary N) is 1. The molecule has 2 rings (SSSR count). The molecule has 0 saturated heterocycles. The van der Waals surface area contributed by atoms with E-state index in [9.17, 15) is 18.0 Å². The first kappa shape index (κ1) is 19.6. The van der Waals surface area contributed by atoms with Crippen molar-refractivity contribution in [1.82, 2.24) is 0 Å². The Labute approximate surface area is 152 Å². The van der Waals surface area contributed by atoms with Crippen molar-refractivity contribution in [3.63, 3.8) is 0 Å². The maximum Gasteiger partial charge on any atom is 0.306 e. The number of amides is 1. The van der Waals surface area contributed by atoms with Gasteiger partial charge in [-0.15, -0.1) is 0 Å². The molecule has 0 fully saturated rings. The van der Waals surface area contributed by atoms with E-state index < -0.39 is 28.5 Å². The molecule has 0 radical (unpaired) electrons. The van der Waals surface area contributed by atoms with Gasteiger partial charge in [0.05, 0.1) is 11.3 Å². The summed E-state index contributed by atoms with van der Waals surface area (Å²) >= 11 is 0. The van der Waals surface area contributed by atoms with Gasteiger partial charge in [0.2, 0.25) is 10.0 Å². The van der Waals surface area contributed by atoms with E-state index in [0.717, 1.165) is 5.56 Å². The smallest absolute Gasteiger partial charge is 0.306 e. The van der Waals surface area contributed by atoms with Gasteiger partial charge in [-0.1, -0.05) is 43.3 Å². The van der Waals surface area contributed by atoms with Gasteiger partial charge < -0.3 is 10.1 Å². The van der Waals surface area contributed by atoms with Crippen LogP contribution < -0.4 is 10.5 Å². The first-order chi connectivity index (χ1) is 12.3. The highest BCUT2D eigenvalue weighted by Crippen LogP contribution is 2.19. The number of anilines is 1. The predicted molar refractivity (Wildman–Crippen MR) is 96.9 cm³/mol. The van der Waals surface area contributed by atoms with Crippen LogP contribution in [0.25, 0.3) is 0 Å². The molecule has 1 unspecified atom stereocenters. The molecular weight excluding hydrogens is 356 g/mol. The van der Waals surface area contributed by atoms with Crippen LogP contribution in [0, 0.1) is 0 Å². The Morgan fingerprint density at radius 1 is 1.12 bits per heavy atom. The third-order valence-corrected chi connectivity index (χ3v) is 4.56. The molecule has 26 heavy (non-hydrogen) atoms. The van der Waals surface area contributed by atoms with E-state index in [1.165, 1.54) is 24.3 Å². The van der Waals surface area contributed by atoms with Gasteiger partial charge in [-0.05, 0) is 29.7 Å². The predicted octanol–water partition coefficient (Wildman–Crippen LogP) is 2.01. The van der Waals surface area contributed by atoms with Gasteiger partial charge in [-0.2, -0.15) is 0 Å². The number of benzene rings is 2. The molecule has 8 heteroatoms. The summed E-state index contributed by atoms with van der Waals surface area (Å²) in [4.78, 5) is 23.6. The minimum Gasteiger partial charge on any atom is -0.456 e. The van der Waals surface area contributed by atoms with Crippen LogP contribution in [0.5, 0.6) is 0 Å². The molecule has 1 amide bonds. The standard InChI is InChI=1S/C18H20N2O5S/c1-13(14-6-3-2-4-7-14)10-18(22)25-12-17(21)20-15-8-5-9-16(11-15)26(19,23)24/h2-9,11,13H,10,12H2,1H3,(H,20,21)(H2,19,23,24). The minimum absolute atomic E-state index is 0.0294. The van der Waals surface area contributed by atoms with Crippen molar-refractivity contribution in [3.05, 3.63) is 60.2 Å². The average molecular weight is 376 g/mol. The highest BCUT2D eigenvalue weighted by Gasteiger charge is 2.14. The van der Waals surface area contributed by atoms with Crippen LogP contribution in [0.15, 0.2) is 59.5 Å². The highest BCUT2D eigenvalue weighted by atomic mass is 32.2. The first-order valence-electron chi connectivity index (χ1n) is 7.89. The zero-order valence-electron chi connectivity index (χ0n) is 14.2. The Bertz CT molecular complexity index is 881. The van der Waals surface area contributed by atoms with E-state index in [2.05, 4.69) is 5.32 Å². The summed E-state index contributed by atoms with van der Waals surface area (Å²) in [5, 5.41) is 7.50. The van der Waals surface area contributed by atoms with Crippen LogP contribution in [0.3, 0.4) is 0 Å². The summed E-state index contributed by atoms with van der Waals surface area (Å²) in [6.07, 6.45) is 0.151. The molecule has 2 aromatic carbocycles. The molecule has 7 nitrogen and oxygen atoms in total. The van der Waals surface area contributed by atoms with Crippen molar-refractivity contribution in [2.24, 2.45) is 5.14 Å². The van der Waals surface area contributed by atoms with Gasteiger partial charge in [0.15, 0.2) is 6.61 Å². The van der Waals surface area contributed by atoms with Gasteiger partial charge in [0, 0.05) is 5.69 Å². The van der Waals surface area contributed by atoms with Crippen molar-refractivity contribution in [2.75, 3.05) is 11.9 Å². The zero-order chi connectivity index (χ0) is 19.2. The molecule has 0 aliphatic heterocycles. The number of sulfonamides is 1. The number of rotatable bonds is 7. The summed E-state index contributed by atoms with van der Waals surface area (Å²) < 4.78 is 27.6. The molecule has 1 atom stereocenters. The Hall–Kier alpha value is -2.71. The molecule has 138 valence electrons. The van der Waals surface area contributed by atoms with E-state index >= 15 is 0 Å². The topological polar surface area (TPSA) is 116 Å². The lowest BCUT2D eigenvalue weighted by Crippen LogP contribution is -2.21. The van der Waals surface area contributed by atoms with Gasteiger partial charge in [0.25, 0.3) is 5.91 Å². The summed E-state index contributed by atoms with van der Waals surface area (Å²) in [7, 11) is -3.86. The maximum absolute atomic E-state index is 11.9. The summed E-state index contributed by atoms with van der Waals surface area (Å²) in [6.45, 7) is 1.44. The van der Waals surface area contributed by atoms with Crippen LogP contribution >= 0.6 is 0 Å². The van der Waals surface area contributed by atoms with Gasteiger partial charge in [-0.25, -0.2) is 13.6 Å². The monoisotopic (exact) mass is 376 g/mol. The van der Waals surface area contributed by atoms with E-state index in [4.69, 9.17) is 9.88 Å². The molecule has 2 aromatic rings. The fraction of sp³-hybridized carbons (Fsp3) is 0.222. The largest absolute Gasteiger partial charge is 0.456 e. The van der Waals surface area contributed by atoms with Crippen molar-refractivity contribution in [2.45, 2.75) is 24.2 Å². The quantitative estimate of drug-likeness (QED) is 0.717. The molecule has 0 saturated carbocycles. The van der Waals surface area contributed by atoms with E-state index in [1.807, 2.05) is 37.3 Å². The highest BCUT2D eigenvalue weighted by molar-refractivity contribution is 7.89. The summed E-state index contributed by atoms with van der Waals surface area (Å²) in [6, 6.07) is 15.0.